The number of amides is 2. The number of halogens is 3. The molecule has 0 saturated carbocycles. The molecule has 0 fully saturated rings. The second-order valence-corrected chi connectivity index (χ2v) is 6.16. The van der Waals surface area contributed by atoms with Gasteiger partial charge in [0.15, 0.2) is 12.4 Å². The van der Waals surface area contributed by atoms with E-state index >= 15 is 0 Å². The summed E-state index contributed by atoms with van der Waals surface area (Å²) in [6.07, 6.45) is -3.53. The normalized spacial score (nSPS) is 10.8. The van der Waals surface area contributed by atoms with Crippen molar-refractivity contribution in [1.82, 2.24) is 0 Å². The van der Waals surface area contributed by atoms with Crippen LogP contribution in [0.15, 0.2) is 65.3 Å². The van der Waals surface area contributed by atoms with Crippen LogP contribution in [-0.4, -0.2) is 18.4 Å². The van der Waals surface area contributed by atoms with Gasteiger partial charge in [0.2, 0.25) is 0 Å². The van der Waals surface area contributed by atoms with Crippen LogP contribution in [-0.2, 0) is 11.0 Å². The van der Waals surface area contributed by atoms with E-state index in [4.69, 9.17) is 14.4 Å². The lowest BCUT2D eigenvalue weighted by molar-refractivity contribution is -0.137. The molecule has 0 aliphatic rings. The Bertz CT molecular complexity index is 1120. The van der Waals surface area contributed by atoms with Gasteiger partial charge in [-0.1, -0.05) is 0 Å². The van der Waals surface area contributed by atoms with E-state index in [2.05, 4.69) is 10.6 Å². The minimum atomic E-state index is -4.79. The van der Waals surface area contributed by atoms with Crippen LogP contribution in [0, 0.1) is 11.3 Å². The molecule has 0 unspecified atom stereocenters. The van der Waals surface area contributed by atoms with E-state index in [0.717, 1.165) is 6.07 Å². The highest BCUT2D eigenvalue weighted by Crippen LogP contribution is 2.36. The summed E-state index contributed by atoms with van der Waals surface area (Å²) in [5.74, 6) is -1.32. The van der Waals surface area contributed by atoms with Gasteiger partial charge in [-0.15, -0.1) is 0 Å². The molecular formula is C21H14F3N3O4. The van der Waals surface area contributed by atoms with Gasteiger partial charge >= 0.3 is 6.18 Å². The van der Waals surface area contributed by atoms with E-state index in [-0.39, 0.29) is 17.2 Å². The maximum atomic E-state index is 13.5. The number of nitriles is 1. The standard InChI is InChI=1S/C21H14F3N3O4/c22-21(23,24)16-10-14(26-20(29)18-2-1-9-30-18)5-8-17(16)27-19(28)12-31-15-6-3-13(11-25)4-7-15/h1-10H,12H2,(H,26,29)(H,27,28). The number of carbonyl (C=O) groups is 2. The Labute approximate surface area is 174 Å². The van der Waals surface area contributed by atoms with E-state index in [9.17, 15) is 22.8 Å². The van der Waals surface area contributed by atoms with Gasteiger partial charge in [-0.25, -0.2) is 0 Å². The summed E-state index contributed by atoms with van der Waals surface area (Å²) in [5.41, 5.74) is -1.36. The lowest BCUT2D eigenvalue weighted by atomic mass is 10.1. The smallest absolute Gasteiger partial charge is 0.418 e. The van der Waals surface area contributed by atoms with Crippen LogP contribution in [0.4, 0.5) is 24.5 Å². The first kappa shape index (κ1) is 21.4. The lowest BCUT2D eigenvalue weighted by Crippen LogP contribution is -2.22. The molecule has 0 radical (unpaired) electrons. The number of carbonyl (C=O) groups excluding carboxylic acids is 2. The average molecular weight is 429 g/mol. The Morgan fingerprint density at radius 3 is 2.42 bits per heavy atom. The number of furan rings is 1. The average Bonchev–Trinajstić information content (AvgIpc) is 3.28. The lowest BCUT2D eigenvalue weighted by Gasteiger charge is -2.16. The maximum Gasteiger partial charge on any atom is 0.418 e. The monoisotopic (exact) mass is 429 g/mol. The minimum Gasteiger partial charge on any atom is -0.484 e. The predicted molar refractivity (Wildman–Crippen MR) is 103 cm³/mol. The molecule has 2 aromatic carbocycles. The molecule has 10 heteroatoms. The first-order valence-electron chi connectivity index (χ1n) is 8.75. The van der Waals surface area contributed by atoms with Crippen molar-refractivity contribution in [2.75, 3.05) is 17.2 Å². The third-order valence-corrected chi connectivity index (χ3v) is 3.96. The summed E-state index contributed by atoms with van der Waals surface area (Å²) in [7, 11) is 0. The van der Waals surface area contributed by atoms with Crippen molar-refractivity contribution in [1.29, 1.82) is 5.26 Å². The third kappa shape index (κ3) is 5.63. The highest BCUT2D eigenvalue weighted by atomic mass is 19.4. The summed E-state index contributed by atoms with van der Waals surface area (Å²) in [6, 6.07) is 13.6. The van der Waals surface area contributed by atoms with E-state index < -0.39 is 35.8 Å². The van der Waals surface area contributed by atoms with Gasteiger partial charge in [-0.05, 0) is 54.6 Å². The molecule has 0 aliphatic carbocycles. The number of hydrogen-bond acceptors (Lipinski definition) is 5. The molecule has 0 spiro atoms. The summed E-state index contributed by atoms with van der Waals surface area (Å²) in [5, 5.41) is 13.2. The summed E-state index contributed by atoms with van der Waals surface area (Å²) < 4.78 is 50.5. The summed E-state index contributed by atoms with van der Waals surface area (Å²) >= 11 is 0. The zero-order valence-corrected chi connectivity index (χ0v) is 15.7. The Balaban J connectivity index is 1.69. The van der Waals surface area contributed by atoms with Crippen molar-refractivity contribution in [2.24, 2.45) is 0 Å². The number of ether oxygens (including phenoxy) is 1. The molecule has 0 atom stereocenters. The zero-order valence-electron chi connectivity index (χ0n) is 15.7. The van der Waals surface area contributed by atoms with Gasteiger partial charge in [0.05, 0.1) is 29.1 Å². The van der Waals surface area contributed by atoms with Crippen molar-refractivity contribution in [2.45, 2.75) is 6.18 Å². The van der Waals surface area contributed by atoms with Crippen molar-refractivity contribution in [3.8, 4) is 11.8 Å². The number of rotatable bonds is 6. The Hall–Kier alpha value is -4.26. The second-order valence-electron chi connectivity index (χ2n) is 6.16. The fourth-order valence-electron chi connectivity index (χ4n) is 2.53. The Morgan fingerprint density at radius 1 is 1.06 bits per heavy atom. The number of benzene rings is 2. The Morgan fingerprint density at radius 2 is 1.81 bits per heavy atom. The van der Waals surface area contributed by atoms with Crippen molar-refractivity contribution in [3.63, 3.8) is 0 Å². The van der Waals surface area contributed by atoms with E-state index in [1.54, 1.807) is 0 Å². The van der Waals surface area contributed by atoms with Crippen LogP contribution in [0.2, 0.25) is 0 Å². The molecule has 2 N–H and O–H groups in total. The maximum absolute atomic E-state index is 13.5. The van der Waals surface area contributed by atoms with Crippen LogP contribution in [0.3, 0.4) is 0 Å². The fraction of sp³-hybridized carbons (Fsp3) is 0.0952. The number of nitrogens with one attached hydrogen (secondary N) is 2. The van der Waals surface area contributed by atoms with Crippen molar-refractivity contribution < 1.29 is 31.9 Å². The first-order valence-corrected chi connectivity index (χ1v) is 8.75. The molecule has 0 aliphatic heterocycles. The van der Waals surface area contributed by atoms with Gasteiger partial charge in [0.1, 0.15) is 5.75 Å². The third-order valence-electron chi connectivity index (χ3n) is 3.96. The molecule has 1 heterocycles. The molecule has 3 aromatic rings. The minimum absolute atomic E-state index is 0.0640. The van der Waals surface area contributed by atoms with Gasteiger partial charge in [0.25, 0.3) is 11.8 Å². The largest absolute Gasteiger partial charge is 0.484 e. The first-order chi connectivity index (χ1) is 14.8. The van der Waals surface area contributed by atoms with Crippen LogP contribution in [0.5, 0.6) is 5.75 Å². The summed E-state index contributed by atoms with van der Waals surface area (Å²) in [6.45, 7) is -0.541. The van der Waals surface area contributed by atoms with Crippen LogP contribution in [0.25, 0.3) is 0 Å². The van der Waals surface area contributed by atoms with Gasteiger partial charge in [-0.3, -0.25) is 9.59 Å². The number of anilines is 2. The SMILES string of the molecule is N#Cc1ccc(OCC(=O)Nc2ccc(NC(=O)c3ccco3)cc2C(F)(F)F)cc1. The van der Waals surface area contributed by atoms with E-state index in [1.165, 1.54) is 48.7 Å². The van der Waals surface area contributed by atoms with Gasteiger partial charge < -0.3 is 19.8 Å². The molecule has 0 saturated heterocycles. The highest BCUT2D eigenvalue weighted by molar-refractivity contribution is 6.02. The zero-order chi connectivity index (χ0) is 22.4. The molecule has 158 valence electrons. The molecule has 31 heavy (non-hydrogen) atoms. The molecule has 2 amide bonds. The predicted octanol–water partition coefficient (Wildman–Crippen LogP) is 4.44. The van der Waals surface area contributed by atoms with Crippen molar-refractivity contribution in [3.05, 3.63) is 77.7 Å². The number of nitrogens with zero attached hydrogens (tertiary/aromatic N) is 1. The molecule has 3 rings (SSSR count). The molecule has 7 nitrogen and oxygen atoms in total. The van der Waals surface area contributed by atoms with Crippen molar-refractivity contribution >= 4 is 23.2 Å². The van der Waals surface area contributed by atoms with Crippen LogP contribution in [0.1, 0.15) is 21.7 Å². The summed E-state index contributed by atoms with van der Waals surface area (Å²) in [4.78, 5) is 24.0. The van der Waals surface area contributed by atoms with Crippen LogP contribution < -0.4 is 15.4 Å². The second kappa shape index (κ2) is 9.04. The van der Waals surface area contributed by atoms with E-state index in [1.807, 2.05) is 6.07 Å². The number of hydrogen-bond donors (Lipinski definition) is 2. The quantitative estimate of drug-likeness (QED) is 0.603. The topological polar surface area (TPSA) is 104 Å². The van der Waals surface area contributed by atoms with E-state index in [0.29, 0.717) is 11.6 Å². The Kier molecular flexibility index (Phi) is 6.26. The number of alkyl halides is 3. The highest BCUT2D eigenvalue weighted by Gasteiger charge is 2.34. The van der Waals surface area contributed by atoms with Crippen LogP contribution >= 0.6 is 0 Å². The fourth-order valence-corrected chi connectivity index (χ4v) is 2.53. The molecule has 1 aromatic heterocycles. The van der Waals surface area contributed by atoms with Gasteiger partial charge in [-0.2, -0.15) is 18.4 Å². The molecular weight excluding hydrogens is 415 g/mol. The van der Waals surface area contributed by atoms with Gasteiger partial charge in [0, 0.05) is 5.69 Å². The molecule has 0 bridgehead atoms.